The number of para-hydroxylation sites is 5. The van der Waals surface area contributed by atoms with Crippen molar-refractivity contribution in [3.8, 4) is 11.4 Å². The summed E-state index contributed by atoms with van der Waals surface area (Å²) in [4.78, 5) is 2.32. The number of rotatable bonds is 5. The maximum absolute atomic E-state index is 2.47. The third kappa shape index (κ3) is 4.29. The summed E-state index contributed by atoms with van der Waals surface area (Å²) in [6.45, 7) is 0. The van der Waals surface area contributed by atoms with Crippen LogP contribution in [0.3, 0.4) is 0 Å². The van der Waals surface area contributed by atoms with E-state index < -0.39 is 0 Å². The zero-order valence-electron chi connectivity index (χ0n) is 26.7. The minimum absolute atomic E-state index is 1.13. The van der Waals surface area contributed by atoms with Crippen molar-refractivity contribution < 1.29 is 0 Å². The highest BCUT2D eigenvalue weighted by Gasteiger charge is 2.21. The molecule has 0 amide bonds. The van der Waals surface area contributed by atoms with Crippen LogP contribution < -0.4 is 4.90 Å². The first-order valence-corrected chi connectivity index (χ1v) is 16.8. The Morgan fingerprint density at radius 3 is 1.61 bits per heavy atom. The molecule has 0 saturated carbocycles. The summed E-state index contributed by atoms with van der Waals surface area (Å²) in [5.41, 5.74) is 10.6. The molecular weight excluding hydrogens is 595 g/mol. The number of hydrogen-bond donors (Lipinski definition) is 0. The fraction of sp³-hybridized carbons (Fsp3) is 0. The van der Waals surface area contributed by atoms with Gasteiger partial charge in [0.2, 0.25) is 0 Å². The molecule has 3 heteroatoms. The van der Waals surface area contributed by atoms with Gasteiger partial charge in [0, 0.05) is 50.0 Å². The second-order valence-electron chi connectivity index (χ2n) is 12.6. The van der Waals surface area contributed by atoms with Gasteiger partial charge < -0.3 is 14.0 Å². The first-order valence-electron chi connectivity index (χ1n) is 16.8. The molecule has 230 valence electrons. The second-order valence-corrected chi connectivity index (χ2v) is 12.6. The Morgan fingerprint density at radius 1 is 0.327 bits per heavy atom. The molecule has 0 atom stereocenters. The van der Waals surface area contributed by atoms with Gasteiger partial charge in [0.1, 0.15) is 0 Å². The van der Waals surface area contributed by atoms with Gasteiger partial charge in [-0.3, -0.25) is 0 Å². The summed E-state index contributed by atoms with van der Waals surface area (Å²) in [6.07, 6.45) is 0. The number of anilines is 3. The Balaban J connectivity index is 1.21. The molecule has 10 rings (SSSR count). The van der Waals surface area contributed by atoms with Gasteiger partial charge in [-0.05, 0) is 89.6 Å². The smallest absolute Gasteiger partial charge is 0.0641 e. The lowest BCUT2D eigenvalue weighted by molar-refractivity contribution is 1.18. The van der Waals surface area contributed by atoms with E-state index in [0.29, 0.717) is 0 Å². The largest absolute Gasteiger partial charge is 0.310 e. The second kappa shape index (κ2) is 11.0. The molecule has 0 unspecified atom stereocenters. The lowest BCUT2D eigenvalue weighted by atomic mass is 10.1. The van der Waals surface area contributed by atoms with Crippen LogP contribution in [0.2, 0.25) is 0 Å². The Bertz CT molecular complexity index is 2770. The molecule has 3 nitrogen and oxygen atoms in total. The van der Waals surface area contributed by atoms with Crippen LogP contribution in [0.5, 0.6) is 0 Å². The van der Waals surface area contributed by atoms with E-state index in [-0.39, 0.29) is 0 Å². The highest BCUT2D eigenvalue weighted by molar-refractivity contribution is 6.26. The molecule has 0 bridgehead atoms. The van der Waals surface area contributed by atoms with Crippen LogP contribution in [0.25, 0.3) is 65.8 Å². The molecule has 0 aliphatic rings. The van der Waals surface area contributed by atoms with E-state index in [1.54, 1.807) is 0 Å². The van der Waals surface area contributed by atoms with Crippen molar-refractivity contribution in [2.75, 3.05) is 4.90 Å². The molecule has 10 aromatic rings. The molecule has 0 radical (unpaired) electrons. The maximum Gasteiger partial charge on any atom is 0.0641 e. The minimum Gasteiger partial charge on any atom is -0.310 e. The Kier molecular flexibility index (Phi) is 6.18. The fourth-order valence-electron chi connectivity index (χ4n) is 7.73. The summed E-state index contributed by atoms with van der Waals surface area (Å²) in [5.74, 6) is 0. The van der Waals surface area contributed by atoms with E-state index in [1.165, 1.54) is 54.4 Å². The number of nitrogens with zero attached hydrogens (tertiary/aromatic N) is 3. The van der Waals surface area contributed by atoms with Crippen molar-refractivity contribution in [1.82, 2.24) is 9.13 Å². The van der Waals surface area contributed by atoms with E-state index >= 15 is 0 Å². The van der Waals surface area contributed by atoms with E-state index in [4.69, 9.17) is 0 Å². The summed E-state index contributed by atoms with van der Waals surface area (Å²) >= 11 is 0. The molecule has 0 aliphatic heterocycles. The summed E-state index contributed by atoms with van der Waals surface area (Å²) in [5, 5.41) is 7.44. The molecule has 0 N–H and O–H groups in total. The maximum atomic E-state index is 2.47. The van der Waals surface area contributed by atoms with Crippen molar-refractivity contribution >= 4 is 71.4 Å². The number of benzene rings is 8. The monoisotopic (exact) mass is 625 g/mol. The first kappa shape index (κ1) is 27.5. The van der Waals surface area contributed by atoms with Crippen LogP contribution in [-0.2, 0) is 0 Å². The zero-order valence-corrected chi connectivity index (χ0v) is 26.7. The van der Waals surface area contributed by atoms with E-state index in [0.717, 1.165) is 28.4 Å². The van der Waals surface area contributed by atoms with Crippen molar-refractivity contribution in [2.24, 2.45) is 0 Å². The first-order chi connectivity index (χ1) is 24.3. The summed E-state index contributed by atoms with van der Waals surface area (Å²) in [6, 6.07) is 67.8. The molecule has 0 spiro atoms. The molecule has 2 aromatic heterocycles. The van der Waals surface area contributed by atoms with Gasteiger partial charge in [0.05, 0.1) is 22.1 Å². The van der Waals surface area contributed by atoms with Gasteiger partial charge in [0.15, 0.2) is 0 Å². The van der Waals surface area contributed by atoms with Gasteiger partial charge in [0.25, 0.3) is 0 Å². The van der Waals surface area contributed by atoms with Crippen LogP contribution in [0, 0.1) is 0 Å². The summed E-state index contributed by atoms with van der Waals surface area (Å²) in [7, 11) is 0. The molecule has 8 aromatic carbocycles. The van der Waals surface area contributed by atoms with E-state index in [9.17, 15) is 0 Å². The van der Waals surface area contributed by atoms with Gasteiger partial charge in [-0.15, -0.1) is 0 Å². The quantitative estimate of drug-likeness (QED) is 0.185. The Hall–Kier alpha value is -6.58. The lowest BCUT2D eigenvalue weighted by Gasteiger charge is -2.25. The fourth-order valence-corrected chi connectivity index (χ4v) is 7.73. The SMILES string of the molecule is c1ccc(N(c2ccccc2)c2ccc3cc(-n4c5ccccc5c5ccc6c(c7ccccc7n6-c6ccccc6)c54)ccc3c2)cc1. The van der Waals surface area contributed by atoms with Crippen LogP contribution in [-0.4, -0.2) is 9.13 Å². The molecule has 0 fully saturated rings. The topological polar surface area (TPSA) is 13.1 Å². The van der Waals surface area contributed by atoms with Crippen LogP contribution in [0.4, 0.5) is 17.1 Å². The van der Waals surface area contributed by atoms with Crippen LogP contribution in [0.1, 0.15) is 0 Å². The number of fused-ring (bicyclic) bond motifs is 8. The van der Waals surface area contributed by atoms with Gasteiger partial charge in [-0.25, -0.2) is 0 Å². The van der Waals surface area contributed by atoms with Gasteiger partial charge >= 0.3 is 0 Å². The van der Waals surface area contributed by atoms with Crippen molar-refractivity contribution in [3.63, 3.8) is 0 Å². The Morgan fingerprint density at radius 2 is 0.898 bits per heavy atom. The van der Waals surface area contributed by atoms with Crippen LogP contribution in [0.15, 0.2) is 188 Å². The lowest BCUT2D eigenvalue weighted by Crippen LogP contribution is -2.09. The third-order valence-corrected chi connectivity index (χ3v) is 9.84. The zero-order chi connectivity index (χ0) is 32.3. The predicted molar refractivity (Wildman–Crippen MR) is 207 cm³/mol. The van der Waals surface area contributed by atoms with E-state index in [2.05, 4.69) is 202 Å². The highest BCUT2D eigenvalue weighted by atomic mass is 15.1. The summed E-state index contributed by atoms with van der Waals surface area (Å²) < 4.78 is 4.88. The van der Waals surface area contributed by atoms with Crippen molar-refractivity contribution in [2.45, 2.75) is 0 Å². The average molecular weight is 626 g/mol. The minimum atomic E-state index is 1.13. The standard InChI is InChI=1S/C46H31N3/c1-4-14-34(15-5-1)47(35-16-6-2-7-17-35)37-26-24-33-31-38(27-25-32(33)30-37)49-42-22-12-10-20-39(42)40-28-29-44-45(46(40)49)41-21-11-13-23-43(41)48(44)36-18-8-3-9-19-36/h1-31H. The predicted octanol–water partition coefficient (Wildman–Crippen LogP) is 12.5. The van der Waals surface area contributed by atoms with Gasteiger partial charge in [-0.1, -0.05) is 109 Å². The molecular formula is C46H31N3. The van der Waals surface area contributed by atoms with Crippen molar-refractivity contribution in [1.29, 1.82) is 0 Å². The molecule has 2 heterocycles. The molecule has 49 heavy (non-hydrogen) atoms. The Labute approximate surface area is 284 Å². The highest BCUT2D eigenvalue weighted by Crippen LogP contribution is 2.42. The van der Waals surface area contributed by atoms with Crippen molar-refractivity contribution in [3.05, 3.63) is 188 Å². The molecule has 0 saturated heterocycles. The number of aromatic nitrogens is 2. The average Bonchev–Trinajstić information content (AvgIpc) is 3.69. The normalized spacial score (nSPS) is 11.7. The van der Waals surface area contributed by atoms with E-state index in [1.807, 2.05) is 0 Å². The van der Waals surface area contributed by atoms with Gasteiger partial charge in [-0.2, -0.15) is 0 Å². The van der Waals surface area contributed by atoms with Crippen LogP contribution >= 0.6 is 0 Å². The third-order valence-electron chi connectivity index (χ3n) is 9.84. The number of hydrogen-bond acceptors (Lipinski definition) is 1. The molecule has 0 aliphatic carbocycles.